The van der Waals surface area contributed by atoms with Gasteiger partial charge in [0.15, 0.2) is 0 Å². The summed E-state index contributed by atoms with van der Waals surface area (Å²) >= 11 is 3.69. The van der Waals surface area contributed by atoms with Crippen LogP contribution in [0.25, 0.3) is 4.48 Å². The summed E-state index contributed by atoms with van der Waals surface area (Å²) in [4.78, 5) is 12.3. The summed E-state index contributed by atoms with van der Waals surface area (Å²) in [6, 6.07) is 16.7. The second-order valence-corrected chi connectivity index (χ2v) is 6.53. The molecule has 0 aliphatic heterocycles. The van der Waals surface area contributed by atoms with Crippen molar-refractivity contribution in [1.29, 1.82) is 0 Å². The first kappa shape index (κ1) is 14.0. The number of hydrogen-bond acceptors (Lipinski definition) is 2. The Labute approximate surface area is 125 Å². The Kier molecular flexibility index (Phi) is 4.91. The van der Waals surface area contributed by atoms with E-state index in [9.17, 15) is 10.1 Å². The molecule has 3 nitrogen and oxygen atoms in total. The Balaban J connectivity index is 2.08. The van der Waals surface area contributed by atoms with Gasteiger partial charge in [0.1, 0.15) is 0 Å². The number of hydrogen-bond donors (Lipinski definition) is 0. The van der Waals surface area contributed by atoms with Crippen molar-refractivity contribution in [2.24, 2.45) is 0 Å². The van der Waals surface area contributed by atoms with Crippen LogP contribution in [0.1, 0.15) is 5.56 Å². The predicted octanol–water partition coefficient (Wildman–Crippen LogP) is 3.32. The second kappa shape index (κ2) is 6.66. The molecule has 0 aromatic heterocycles. The Hall–Kier alpha value is -1.42. The Morgan fingerprint density at radius 2 is 1.74 bits per heavy atom. The SMILES string of the molecule is O=[N+]([O-])c1ccc([Se]/C=C(/Br)c2ccccc2)cc1. The van der Waals surface area contributed by atoms with E-state index >= 15 is 0 Å². The Bertz CT molecular complexity index is 597. The molecule has 0 radical (unpaired) electrons. The standard InChI is InChI=1S/C14H10BrNO2Se/c15-14(11-4-2-1-3-5-11)10-19-13-8-6-12(7-9-13)16(17)18/h1-10H/b14-10+. The third kappa shape index (κ3) is 4.03. The molecule has 2 aromatic rings. The molecule has 96 valence electrons. The summed E-state index contributed by atoms with van der Waals surface area (Å²) in [7, 11) is 0. The van der Waals surface area contributed by atoms with Crippen LogP contribution in [0.3, 0.4) is 0 Å². The van der Waals surface area contributed by atoms with Gasteiger partial charge in [-0.2, -0.15) is 0 Å². The van der Waals surface area contributed by atoms with Crippen molar-refractivity contribution in [1.82, 2.24) is 0 Å². The van der Waals surface area contributed by atoms with Gasteiger partial charge in [-0.3, -0.25) is 0 Å². The van der Waals surface area contributed by atoms with E-state index in [1.807, 2.05) is 30.3 Å². The van der Waals surface area contributed by atoms with Gasteiger partial charge >= 0.3 is 126 Å². The minimum absolute atomic E-state index is 0.130. The molecule has 19 heavy (non-hydrogen) atoms. The summed E-state index contributed by atoms with van der Waals surface area (Å²) < 4.78 is 2.15. The molecule has 0 bridgehead atoms. The molecule has 0 saturated heterocycles. The van der Waals surface area contributed by atoms with E-state index in [2.05, 4.69) is 20.9 Å². The van der Waals surface area contributed by atoms with Crippen LogP contribution in [0, 0.1) is 10.1 Å². The fraction of sp³-hybridized carbons (Fsp3) is 0. The van der Waals surface area contributed by atoms with Crippen LogP contribution in [0.15, 0.2) is 59.6 Å². The summed E-state index contributed by atoms with van der Waals surface area (Å²) in [5.41, 5.74) is 1.26. The van der Waals surface area contributed by atoms with Crippen LogP contribution in [0.5, 0.6) is 0 Å². The van der Waals surface area contributed by atoms with E-state index in [1.54, 1.807) is 24.3 Å². The first-order valence-electron chi connectivity index (χ1n) is 5.49. The van der Waals surface area contributed by atoms with Crippen molar-refractivity contribution in [2.45, 2.75) is 0 Å². The fourth-order valence-electron chi connectivity index (χ4n) is 1.43. The molecule has 0 atom stereocenters. The molecule has 0 N–H and O–H groups in total. The van der Waals surface area contributed by atoms with Gasteiger partial charge in [0, 0.05) is 0 Å². The van der Waals surface area contributed by atoms with Crippen molar-refractivity contribution in [3.05, 3.63) is 75.2 Å². The third-order valence-electron chi connectivity index (χ3n) is 2.40. The molecule has 0 aliphatic carbocycles. The third-order valence-corrected chi connectivity index (χ3v) is 5.65. The molecule has 0 saturated carbocycles. The number of nitro benzene ring substituents is 1. The summed E-state index contributed by atoms with van der Waals surface area (Å²) in [5.74, 6) is 0. The Morgan fingerprint density at radius 1 is 1.11 bits per heavy atom. The van der Waals surface area contributed by atoms with Crippen molar-refractivity contribution in [3.63, 3.8) is 0 Å². The van der Waals surface area contributed by atoms with E-state index in [-0.39, 0.29) is 25.6 Å². The number of non-ortho nitro benzene ring substituents is 1. The molecule has 0 aliphatic rings. The van der Waals surface area contributed by atoms with Gasteiger partial charge in [-0.15, -0.1) is 0 Å². The van der Waals surface area contributed by atoms with Gasteiger partial charge in [0.2, 0.25) is 0 Å². The maximum atomic E-state index is 10.6. The number of nitrogens with zero attached hydrogens (tertiary/aromatic N) is 1. The number of nitro groups is 1. The van der Waals surface area contributed by atoms with Crippen molar-refractivity contribution in [2.75, 3.05) is 0 Å². The van der Waals surface area contributed by atoms with Crippen LogP contribution < -0.4 is 4.46 Å². The van der Waals surface area contributed by atoms with E-state index in [0.717, 1.165) is 14.5 Å². The van der Waals surface area contributed by atoms with Crippen molar-refractivity contribution < 1.29 is 4.92 Å². The second-order valence-electron chi connectivity index (χ2n) is 3.70. The van der Waals surface area contributed by atoms with Gasteiger partial charge in [-0.25, -0.2) is 0 Å². The van der Waals surface area contributed by atoms with Gasteiger partial charge < -0.3 is 0 Å². The van der Waals surface area contributed by atoms with Gasteiger partial charge in [0.05, 0.1) is 0 Å². The molecule has 0 amide bonds. The van der Waals surface area contributed by atoms with Gasteiger partial charge in [-0.05, 0) is 0 Å². The van der Waals surface area contributed by atoms with E-state index in [1.165, 1.54) is 0 Å². The molecule has 0 spiro atoms. The van der Waals surface area contributed by atoms with E-state index in [4.69, 9.17) is 0 Å². The van der Waals surface area contributed by atoms with E-state index in [0.29, 0.717) is 0 Å². The zero-order chi connectivity index (χ0) is 13.7. The summed E-state index contributed by atoms with van der Waals surface area (Å²) in [6.45, 7) is 0. The zero-order valence-corrected chi connectivity index (χ0v) is 13.1. The normalized spacial score (nSPS) is 11.3. The Morgan fingerprint density at radius 3 is 2.32 bits per heavy atom. The maximum absolute atomic E-state index is 10.6. The summed E-state index contributed by atoms with van der Waals surface area (Å²) in [5, 5.41) is 10.6. The molecule has 5 heteroatoms. The molecule has 0 fully saturated rings. The molecule has 0 unspecified atom stereocenters. The first-order valence-corrected chi connectivity index (χ1v) is 8.13. The molecule has 2 rings (SSSR count). The van der Waals surface area contributed by atoms with Crippen LogP contribution in [0.4, 0.5) is 5.69 Å². The summed E-state index contributed by atoms with van der Waals surface area (Å²) in [6.07, 6.45) is 0. The van der Waals surface area contributed by atoms with Crippen LogP contribution in [-0.2, 0) is 0 Å². The minimum atomic E-state index is -0.382. The van der Waals surface area contributed by atoms with Crippen LogP contribution >= 0.6 is 15.9 Å². The van der Waals surface area contributed by atoms with Crippen LogP contribution in [-0.4, -0.2) is 19.9 Å². The van der Waals surface area contributed by atoms with Gasteiger partial charge in [0.25, 0.3) is 0 Å². The number of benzene rings is 2. The van der Waals surface area contributed by atoms with Crippen molar-refractivity contribution >= 4 is 45.5 Å². The topological polar surface area (TPSA) is 43.1 Å². The zero-order valence-electron chi connectivity index (χ0n) is 9.82. The number of halogens is 1. The van der Waals surface area contributed by atoms with Crippen molar-refractivity contribution in [3.8, 4) is 0 Å². The molecule has 2 aromatic carbocycles. The monoisotopic (exact) mass is 383 g/mol. The quantitative estimate of drug-likeness (QED) is 0.462. The predicted molar refractivity (Wildman–Crippen MR) is 81.8 cm³/mol. The first-order chi connectivity index (χ1) is 9.16. The van der Waals surface area contributed by atoms with Crippen LogP contribution in [0.2, 0.25) is 0 Å². The average molecular weight is 383 g/mol. The fourth-order valence-corrected chi connectivity index (χ4v) is 3.58. The molecule has 0 heterocycles. The number of rotatable bonds is 4. The molecular weight excluding hydrogens is 373 g/mol. The molecular formula is C14H10BrNO2Se. The average Bonchev–Trinajstić information content (AvgIpc) is 2.46. The van der Waals surface area contributed by atoms with Gasteiger partial charge in [-0.1, -0.05) is 0 Å². The van der Waals surface area contributed by atoms with E-state index < -0.39 is 0 Å².